The lowest BCUT2D eigenvalue weighted by Gasteiger charge is -2.31. The highest BCUT2D eigenvalue weighted by atomic mass is 32.2. The topological polar surface area (TPSA) is 79.0 Å². The molecule has 0 aromatic heterocycles. The number of hydrogen-bond acceptors (Lipinski definition) is 5. The fourth-order valence-corrected chi connectivity index (χ4v) is 5.11. The number of carbonyl (C=O) groups excluding carboxylic acids is 1. The first-order valence-corrected chi connectivity index (χ1v) is 11.6. The van der Waals surface area contributed by atoms with Crippen LogP contribution in [0.3, 0.4) is 0 Å². The summed E-state index contributed by atoms with van der Waals surface area (Å²) in [5.41, 5.74) is 0. The van der Waals surface area contributed by atoms with Crippen molar-refractivity contribution in [3.63, 3.8) is 0 Å². The zero-order valence-electron chi connectivity index (χ0n) is 16.8. The monoisotopic (exact) mass is 409 g/mol. The molecule has 2 fully saturated rings. The average Bonchev–Trinajstić information content (AvgIpc) is 2.69. The van der Waals surface area contributed by atoms with Crippen molar-refractivity contribution in [1.82, 2.24) is 14.5 Å². The second-order valence-electron chi connectivity index (χ2n) is 7.78. The van der Waals surface area contributed by atoms with Gasteiger partial charge in [-0.25, -0.2) is 8.42 Å². The molecule has 1 aromatic carbocycles. The molecule has 28 heavy (non-hydrogen) atoms. The Morgan fingerprint density at radius 2 is 1.68 bits per heavy atom. The SMILES string of the molecule is C[C@H](Oc1ccc(S(=O)(=O)N2CCN(C)CC2)cc1)C(=O)NC1CCCCC1. The zero-order chi connectivity index (χ0) is 20.1. The van der Waals surface area contributed by atoms with E-state index >= 15 is 0 Å². The minimum Gasteiger partial charge on any atom is -0.481 e. The smallest absolute Gasteiger partial charge is 0.260 e. The first-order chi connectivity index (χ1) is 13.4. The molecule has 3 rings (SSSR count). The molecule has 1 N–H and O–H groups in total. The zero-order valence-corrected chi connectivity index (χ0v) is 17.6. The summed E-state index contributed by atoms with van der Waals surface area (Å²) < 4.78 is 32.8. The Balaban J connectivity index is 1.56. The van der Waals surface area contributed by atoms with Gasteiger partial charge >= 0.3 is 0 Å². The number of amides is 1. The van der Waals surface area contributed by atoms with E-state index in [0.717, 1.165) is 38.8 Å². The van der Waals surface area contributed by atoms with E-state index < -0.39 is 16.1 Å². The Hall–Kier alpha value is -1.64. The summed E-state index contributed by atoms with van der Waals surface area (Å²) in [6.07, 6.45) is 4.98. The van der Waals surface area contributed by atoms with Gasteiger partial charge in [-0.15, -0.1) is 0 Å². The first kappa shape index (κ1) is 21.1. The fourth-order valence-electron chi connectivity index (χ4n) is 3.69. The van der Waals surface area contributed by atoms with E-state index in [4.69, 9.17) is 4.74 Å². The van der Waals surface area contributed by atoms with Crippen LogP contribution in [0.2, 0.25) is 0 Å². The number of piperazine rings is 1. The number of carbonyl (C=O) groups is 1. The summed E-state index contributed by atoms with van der Waals surface area (Å²) in [7, 11) is -1.51. The molecule has 0 unspecified atom stereocenters. The Morgan fingerprint density at radius 1 is 1.07 bits per heavy atom. The third kappa shape index (κ3) is 5.24. The number of benzene rings is 1. The van der Waals surface area contributed by atoms with E-state index in [-0.39, 0.29) is 16.8 Å². The lowest BCUT2D eigenvalue weighted by molar-refractivity contribution is -0.128. The number of likely N-dealkylation sites (N-methyl/N-ethyl adjacent to an activating group) is 1. The number of nitrogens with zero attached hydrogens (tertiary/aromatic N) is 2. The number of hydrogen-bond donors (Lipinski definition) is 1. The maximum atomic E-state index is 12.8. The predicted octanol–water partition coefficient (Wildman–Crippen LogP) is 1.84. The fraction of sp³-hybridized carbons (Fsp3) is 0.650. The Bertz CT molecular complexity index is 752. The van der Waals surface area contributed by atoms with Gasteiger partial charge in [-0.3, -0.25) is 4.79 Å². The van der Waals surface area contributed by atoms with Crippen LogP contribution in [0.5, 0.6) is 5.75 Å². The molecule has 0 bridgehead atoms. The predicted molar refractivity (Wildman–Crippen MR) is 108 cm³/mol. The van der Waals surface area contributed by atoms with E-state index in [1.54, 1.807) is 31.2 Å². The summed E-state index contributed by atoms with van der Waals surface area (Å²) >= 11 is 0. The third-order valence-electron chi connectivity index (χ3n) is 5.56. The van der Waals surface area contributed by atoms with Crippen molar-refractivity contribution in [1.29, 1.82) is 0 Å². The standard InChI is InChI=1S/C20H31N3O4S/c1-16(20(24)21-17-6-4-3-5-7-17)27-18-8-10-19(11-9-18)28(25,26)23-14-12-22(2)13-15-23/h8-11,16-17H,3-7,12-15H2,1-2H3,(H,21,24)/t16-/m0/s1. The van der Waals surface area contributed by atoms with Crippen molar-refractivity contribution in [2.24, 2.45) is 0 Å². The molecule has 1 saturated carbocycles. The van der Waals surface area contributed by atoms with Crippen molar-refractivity contribution in [2.45, 2.75) is 56.1 Å². The highest BCUT2D eigenvalue weighted by Gasteiger charge is 2.27. The van der Waals surface area contributed by atoms with Crippen LogP contribution in [0.25, 0.3) is 0 Å². The highest BCUT2D eigenvalue weighted by Crippen LogP contribution is 2.22. The van der Waals surface area contributed by atoms with Crippen molar-refractivity contribution in [3.05, 3.63) is 24.3 Å². The molecule has 0 radical (unpaired) electrons. The van der Waals surface area contributed by atoms with Crippen LogP contribution < -0.4 is 10.1 Å². The third-order valence-corrected chi connectivity index (χ3v) is 7.47. The van der Waals surface area contributed by atoms with Crippen molar-refractivity contribution in [3.8, 4) is 5.75 Å². The van der Waals surface area contributed by atoms with Crippen molar-refractivity contribution in [2.75, 3.05) is 33.2 Å². The quantitative estimate of drug-likeness (QED) is 0.776. The van der Waals surface area contributed by atoms with E-state index in [2.05, 4.69) is 10.2 Å². The second kappa shape index (κ2) is 9.24. The van der Waals surface area contributed by atoms with Gasteiger partial charge in [0, 0.05) is 32.2 Å². The molecule has 1 atom stereocenters. The lowest BCUT2D eigenvalue weighted by Crippen LogP contribution is -2.47. The average molecular weight is 410 g/mol. The molecule has 8 heteroatoms. The second-order valence-corrected chi connectivity index (χ2v) is 9.72. The van der Waals surface area contributed by atoms with Gasteiger partial charge in [-0.05, 0) is 51.1 Å². The summed E-state index contributed by atoms with van der Waals surface area (Å²) in [6.45, 7) is 4.17. The summed E-state index contributed by atoms with van der Waals surface area (Å²) in [4.78, 5) is 14.7. The van der Waals surface area contributed by atoms with Gasteiger partial charge in [0.25, 0.3) is 5.91 Å². The minimum atomic E-state index is -3.49. The Labute approximate surface area is 168 Å². The highest BCUT2D eigenvalue weighted by molar-refractivity contribution is 7.89. The number of sulfonamides is 1. The van der Waals surface area contributed by atoms with Gasteiger partial charge in [0.05, 0.1) is 4.90 Å². The van der Waals surface area contributed by atoms with Crippen LogP contribution in [0, 0.1) is 0 Å². The molecule has 0 spiro atoms. The van der Waals surface area contributed by atoms with Gasteiger partial charge in [0.2, 0.25) is 10.0 Å². The molecule has 2 aliphatic rings. The Kier molecular flexibility index (Phi) is 6.95. The van der Waals surface area contributed by atoms with Crippen LogP contribution in [0.15, 0.2) is 29.2 Å². The van der Waals surface area contributed by atoms with Crippen LogP contribution >= 0.6 is 0 Å². The van der Waals surface area contributed by atoms with Crippen LogP contribution in [0.1, 0.15) is 39.0 Å². The van der Waals surface area contributed by atoms with Gasteiger partial charge in [0.15, 0.2) is 6.10 Å². The summed E-state index contributed by atoms with van der Waals surface area (Å²) in [5, 5.41) is 3.05. The maximum absolute atomic E-state index is 12.8. The first-order valence-electron chi connectivity index (χ1n) is 10.1. The molecule has 1 amide bonds. The maximum Gasteiger partial charge on any atom is 0.260 e. The Morgan fingerprint density at radius 3 is 2.29 bits per heavy atom. The normalized spacial score (nSPS) is 21.2. The van der Waals surface area contributed by atoms with Crippen LogP contribution in [-0.4, -0.2) is 68.9 Å². The lowest BCUT2D eigenvalue weighted by atomic mass is 9.95. The number of ether oxygens (including phenoxy) is 1. The summed E-state index contributed by atoms with van der Waals surface area (Å²) in [5.74, 6) is 0.365. The molecule has 1 aliphatic heterocycles. The number of rotatable bonds is 6. The van der Waals surface area contributed by atoms with Crippen molar-refractivity contribution < 1.29 is 17.9 Å². The molecule has 156 valence electrons. The van der Waals surface area contributed by atoms with Gasteiger partial charge in [-0.2, -0.15) is 4.31 Å². The minimum absolute atomic E-state index is 0.124. The van der Waals surface area contributed by atoms with Crippen LogP contribution in [-0.2, 0) is 14.8 Å². The van der Waals surface area contributed by atoms with E-state index in [0.29, 0.717) is 18.8 Å². The van der Waals surface area contributed by atoms with Crippen molar-refractivity contribution >= 4 is 15.9 Å². The summed E-state index contributed by atoms with van der Waals surface area (Å²) in [6, 6.07) is 6.58. The molecular weight excluding hydrogens is 378 g/mol. The van der Waals surface area contributed by atoms with E-state index in [1.807, 2.05) is 7.05 Å². The van der Waals surface area contributed by atoms with E-state index in [9.17, 15) is 13.2 Å². The van der Waals surface area contributed by atoms with Crippen LogP contribution in [0.4, 0.5) is 0 Å². The molecule has 1 heterocycles. The molecule has 1 aromatic rings. The van der Waals surface area contributed by atoms with Gasteiger partial charge < -0.3 is 15.0 Å². The van der Waals surface area contributed by atoms with Gasteiger partial charge in [0.1, 0.15) is 5.75 Å². The molecule has 1 saturated heterocycles. The number of nitrogens with one attached hydrogen (secondary N) is 1. The largest absolute Gasteiger partial charge is 0.481 e. The molecule has 7 nitrogen and oxygen atoms in total. The molecule has 1 aliphatic carbocycles. The molecular formula is C20H31N3O4S. The van der Waals surface area contributed by atoms with Gasteiger partial charge in [-0.1, -0.05) is 19.3 Å². The van der Waals surface area contributed by atoms with E-state index in [1.165, 1.54) is 10.7 Å².